The quantitative estimate of drug-likeness (QED) is 0.618. The van der Waals surface area contributed by atoms with Crippen LogP contribution in [0.25, 0.3) is 0 Å². The largest absolute Gasteiger partial charge is 0.454 e. The maximum Gasteiger partial charge on any atom is 0.331 e. The summed E-state index contributed by atoms with van der Waals surface area (Å²) in [6.45, 7) is 1.32. The number of hydrogen-bond donors (Lipinski definition) is 0. The molecular formula is C15H14O5. The smallest absolute Gasteiger partial charge is 0.331 e. The van der Waals surface area contributed by atoms with Crippen molar-refractivity contribution in [3.05, 3.63) is 48.0 Å². The molecule has 2 heterocycles. The van der Waals surface area contributed by atoms with Crippen LogP contribution in [0.3, 0.4) is 0 Å². The summed E-state index contributed by atoms with van der Waals surface area (Å²) < 4.78 is 16.0. The van der Waals surface area contributed by atoms with Crippen molar-refractivity contribution in [2.75, 3.05) is 0 Å². The number of epoxide rings is 1. The Balaban J connectivity index is 1.74. The molecule has 0 bridgehead atoms. The number of carbonyl (C=O) groups excluding carboxylic acids is 2. The lowest BCUT2D eigenvalue weighted by atomic mass is 10.0. The fourth-order valence-corrected chi connectivity index (χ4v) is 2.36. The lowest BCUT2D eigenvalue weighted by Crippen LogP contribution is -2.40. The Kier molecular flexibility index (Phi) is 3.28. The summed E-state index contributed by atoms with van der Waals surface area (Å²) in [5, 5.41) is 0. The summed E-state index contributed by atoms with van der Waals surface area (Å²) in [5.41, 5.74) is 1.02. The van der Waals surface area contributed by atoms with E-state index >= 15 is 0 Å². The van der Waals surface area contributed by atoms with Gasteiger partial charge < -0.3 is 14.2 Å². The summed E-state index contributed by atoms with van der Waals surface area (Å²) in [6.07, 6.45) is 1.21. The van der Waals surface area contributed by atoms with Gasteiger partial charge in [-0.05, 0) is 11.6 Å². The molecule has 0 N–H and O–H groups in total. The molecule has 1 saturated heterocycles. The van der Waals surface area contributed by atoms with Gasteiger partial charge in [0.25, 0.3) is 0 Å². The van der Waals surface area contributed by atoms with E-state index in [9.17, 15) is 9.59 Å². The molecule has 0 unspecified atom stereocenters. The topological polar surface area (TPSA) is 65.1 Å². The Labute approximate surface area is 116 Å². The van der Waals surface area contributed by atoms with Gasteiger partial charge in [-0.2, -0.15) is 0 Å². The summed E-state index contributed by atoms with van der Waals surface area (Å²) in [6, 6.07) is 9.67. The van der Waals surface area contributed by atoms with Gasteiger partial charge in [0, 0.05) is 13.0 Å². The normalized spacial score (nSPS) is 31.6. The van der Waals surface area contributed by atoms with E-state index in [1.54, 1.807) is 6.08 Å². The second-order valence-corrected chi connectivity index (χ2v) is 4.77. The molecule has 0 radical (unpaired) electrons. The molecule has 104 valence electrons. The van der Waals surface area contributed by atoms with E-state index in [1.165, 1.54) is 13.0 Å². The van der Waals surface area contributed by atoms with E-state index in [0.29, 0.717) is 0 Å². The minimum absolute atomic E-state index is 0.126. The molecule has 5 heteroatoms. The van der Waals surface area contributed by atoms with Gasteiger partial charge in [0.1, 0.15) is 12.2 Å². The van der Waals surface area contributed by atoms with Crippen molar-refractivity contribution >= 4 is 11.9 Å². The predicted molar refractivity (Wildman–Crippen MR) is 68.6 cm³/mol. The standard InChI is InChI=1S/C15H14O5/c1-9(16)18-11-7-8-12(17)19-14(11)15-13(20-15)10-5-3-2-4-6-10/h2-8,11,13-15H,1H3/t11-,13+,14+,15-/m0/s1. The lowest BCUT2D eigenvalue weighted by molar-refractivity contribution is -0.163. The van der Waals surface area contributed by atoms with Crippen LogP contribution < -0.4 is 0 Å². The van der Waals surface area contributed by atoms with E-state index in [2.05, 4.69) is 0 Å². The number of esters is 2. The van der Waals surface area contributed by atoms with Gasteiger partial charge >= 0.3 is 11.9 Å². The molecule has 2 aliphatic heterocycles. The van der Waals surface area contributed by atoms with Crippen LogP contribution in [0.1, 0.15) is 18.6 Å². The second-order valence-electron chi connectivity index (χ2n) is 4.77. The molecular weight excluding hydrogens is 260 g/mol. The number of rotatable bonds is 3. The van der Waals surface area contributed by atoms with Gasteiger partial charge in [-0.25, -0.2) is 4.79 Å². The SMILES string of the molecule is CC(=O)O[C@H]1C=CC(=O)O[C@H]1[C@H]1O[C@@H]1c1ccccc1. The molecule has 1 aromatic rings. The van der Waals surface area contributed by atoms with Gasteiger partial charge in [-0.3, -0.25) is 4.79 Å². The third kappa shape index (κ3) is 2.58. The van der Waals surface area contributed by atoms with Crippen molar-refractivity contribution in [1.29, 1.82) is 0 Å². The Hall–Kier alpha value is -2.14. The first kappa shape index (κ1) is 12.9. The average Bonchev–Trinajstić information content (AvgIpc) is 3.21. The molecule has 0 saturated carbocycles. The minimum atomic E-state index is -0.596. The van der Waals surface area contributed by atoms with Gasteiger partial charge in [-0.1, -0.05) is 30.3 Å². The maximum absolute atomic E-state index is 11.4. The van der Waals surface area contributed by atoms with Gasteiger partial charge in [0.05, 0.1) is 0 Å². The summed E-state index contributed by atoms with van der Waals surface area (Å²) in [4.78, 5) is 22.5. The van der Waals surface area contributed by atoms with Crippen LogP contribution in [-0.2, 0) is 23.8 Å². The van der Waals surface area contributed by atoms with Crippen LogP contribution in [0.2, 0.25) is 0 Å². The van der Waals surface area contributed by atoms with E-state index in [1.807, 2.05) is 30.3 Å². The molecule has 1 fully saturated rings. The Morgan fingerprint density at radius 3 is 2.65 bits per heavy atom. The van der Waals surface area contributed by atoms with Crippen molar-refractivity contribution < 1.29 is 23.8 Å². The molecule has 4 atom stereocenters. The first-order valence-electron chi connectivity index (χ1n) is 6.41. The van der Waals surface area contributed by atoms with Gasteiger partial charge in [0.2, 0.25) is 0 Å². The van der Waals surface area contributed by atoms with Crippen molar-refractivity contribution in [2.24, 2.45) is 0 Å². The minimum Gasteiger partial charge on any atom is -0.454 e. The van der Waals surface area contributed by atoms with Gasteiger partial charge in [-0.15, -0.1) is 0 Å². The fourth-order valence-electron chi connectivity index (χ4n) is 2.36. The maximum atomic E-state index is 11.4. The van der Waals surface area contributed by atoms with E-state index in [-0.39, 0.29) is 12.2 Å². The average molecular weight is 274 g/mol. The number of hydrogen-bond acceptors (Lipinski definition) is 5. The van der Waals surface area contributed by atoms with Crippen molar-refractivity contribution in [3.8, 4) is 0 Å². The summed E-state index contributed by atoms with van der Waals surface area (Å²) in [5.74, 6) is -0.861. The molecule has 0 aromatic heterocycles. The zero-order valence-corrected chi connectivity index (χ0v) is 10.9. The zero-order valence-electron chi connectivity index (χ0n) is 10.9. The lowest BCUT2D eigenvalue weighted by Gasteiger charge is -2.25. The highest BCUT2D eigenvalue weighted by Crippen LogP contribution is 2.43. The van der Waals surface area contributed by atoms with E-state index < -0.39 is 24.1 Å². The highest BCUT2D eigenvalue weighted by molar-refractivity contribution is 5.83. The van der Waals surface area contributed by atoms with Crippen LogP contribution in [0.4, 0.5) is 0 Å². The molecule has 20 heavy (non-hydrogen) atoms. The number of ether oxygens (including phenoxy) is 3. The van der Waals surface area contributed by atoms with Crippen LogP contribution in [-0.4, -0.2) is 30.3 Å². The van der Waals surface area contributed by atoms with Crippen LogP contribution in [0.15, 0.2) is 42.5 Å². The summed E-state index contributed by atoms with van der Waals surface area (Å²) in [7, 11) is 0. The van der Waals surface area contributed by atoms with E-state index in [4.69, 9.17) is 14.2 Å². The highest BCUT2D eigenvalue weighted by Gasteiger charge is 2.52. The fraction of sp³-hybridized carbons (Fsp3) is 0.333. The molecule has 0 spiro atoms. The molecule has 1 aromatic carbocycles. The van der Waals surface area contributed by atoms with Gasteiger partial charge in [0.15, 0.2) is 12.2 Å². The molecule has 3 rings (SSSR count). The summed E-state index contributed by atoms with van der Waals surface area (Å²) >= 11 is 0. The van der Waals surface area contributed by atoms with Crippen molar-refractivity contribution in [1.82, 2.24) is 0 Å². The van der Waals surface area contributed by atoms with Crippen LogP contribution in [0.5, 0.6) is 0 Å². The predicted octanol–water partition coefficient (Wildman–Crippen LogP) is 1.54. The van der Waals surface area contributed by atoms with Crippen LogP contribution >= 0.6 is 0 Å². The highest BCUT2D eigenvalue weighted by atomic mass is 16.6. The molecule has 5 nitrogen and oxygen atoms in total. The molecule has 0 amide bonds. The first-order valence-corrected chi connectivity index (χ1v) is 6.41. The Morgan fingerprint density at radius 1 is 1.20 bits per heavy atom. The monoisotopic (exact) mass is 274 g/mol. The van der Waals surface area contributed by atoms with E-state index in [0.717, 1.165) is 5.56 Å². The first-order chi connectivity index (χ1) is 9.65. The number of cyclic esters (lactones) is 1. The second kappa shape index (κ2) is 5.09. The Bertz CT molecular complexity index is 551. The zero-order chi connectivity index (χ0) is 14.1. The number of benzene rings is 1. The van der Waals surface area contributed by atoms with Crippen molar-refractivity contribution in [3.63, 3.8) is 0 Å². The third-order valence-electron chi connectivity index (χ3n) is 3.28. The van der Waals surface area contributed by atoms with Crippen molar-refractivity contribution in [2.45, 2.75) is 31.3 Å². The van der Waals surface area contributed by atoms with Crippen LogP contribution in [0, 0.1) is 0 Å². The third-order valence-corrected chi connectivity index (χ3v) is 3.28. The molecule has 2 aliphatic rings. The Morgan fingerprint density at radius 2 is 1.95 bits per heavy atom. The molecule has 0 aliphatic carbocycles. The number of carbonyl (C=O) groups is 2.